The predicted octanol–water partition coefficient (Wildman–Crippen LogP) is 1.29. The first-order chi connectivity index (χ1) is 9.08. The van der Waals surface area contributed by atoms with Crippen LogP contribution >= 0.6 is 0 Å². The van der Waals surface area contributed by atoms with Crippen LogP contribution in [-0.4, -0.2) is 32.0 Å². The average Bonchev–Trinajstić information content (AvgIpc) is 2.39. The van der Waals surface area contributed by atoms with Gasteiger partial charge in [-0.2, -0.15) is 0 Å². The molecular weight excluding hydrogens is 242 g/mol. The lowest BCUT2D eigenvalue weighted by Gasteiger charge is -2.10. The van der Waals surface area contributed by atoms with Crippen LogP contribution in [0.15, 0.2) is 18.2 Å². The van der Waals surface area contributed by atoms with Crippen LogP contribution in [0.4, 0.5) is 5.69 Å². The van der Waals surface area contributed by atoms with Gasteiger partial charge >= 0.3 is 0 Å². The van der Waals surface area contributed by atoms with Gasteiger partial charge in [-0.3, -0.25) is 9.59 Å². The zero-order valence-corrected chi connectivity index (χ0v) is 11.7. The third-order valence-electron chi connectivity index (χ3n) is 2.71. The molecule has 0 bridgehead atoms. The monoisotopic (exact) mass is 263 g/mol. The minimum absolute atomic E-state index is 0.0644. The van der Waals surface area contributed by atoms with E-state index in [-0.39, 0.29) is 11.8 Å². The Bertz CT molecular complexity index is 458. The van der Waals surface area contributed by atoms with Gasteiger partial charge in [-0.15, -0.1) is 0 Å². The lowest BCUT2D eigenvalue weighted by molar-refractivity contribution is -0.116. The third-order valence-corrected chi connectivity index (χ3v) is 2.71. The van der Waals surface area contributed by atoms with Gasteiger partial charge in [0.2, 0.25) is 5.91 Å². The van der Waals surface area contributed by atoms with Crippen LogP contribution in [0.2, 0.25) is 0 Å². The first-order valence-corrected chi connectivity index (χ1v) is 6.41. The topological polar surface area (TPSA) is 70.2 Å². The number of hydrogen-bond donors (Lipinski definition) is 3. The lowest BCUT2D eigenvalue weighted by Crippen LogP contribution is -2.23. The van der Waals surface area contributed by atoms with Crippen molar-refractivity contribution in [3.05, 3.63) is 29.3 Å². The van der Waals surface area contributed by atoms with Crippen LogP contribution in [0.25, 0.3) is 0 Å². The van der Waals surface area contributed by atoms with E-state index >= 15 is 0 Å². The van der Waals surface area contributed by atoms with Crippen molar-refractivity contribution in [3.63, 3.8) is 0 Å². The van der Waals surface area contributed by atoms with E-state index < -0.39 is 0 Å². The second kappa shape index (κ2) is 7.53. The minimum atomic E-state index is -0.131. The summed E-state index contributed by atoms with van der Waals surface area (Å²) in [7, 11) is 1.80. The molecule has 5 nitrogen and oxygen atoms in total. The average molecular weight is 263 g/mol. The largest absolute Gasteiger partial charge is 0.352 e. The van der Waals surface area contributed by atoms with Crippen molar-refractivity contribution < 1.29 is 9.59 Å². The highest BCUT2D eigenvalue weighted by Crippen LogP contribution is 2.17. The van der Waals surface area contributed by atoms with E-state index in [1.807, 2.05) is 19.9 Å². The Labute approximate surface area is 113 Å². The fourth-order valence-corrected chi connectivity index (χ4v) is 1.61. The van der Waals surface area contributed by atoms with E-state index in [2.05, 4.69) is 16.0 Å². The number of benzene rings is 1. The van der Waals surface area contributed by atoms with Gasteiger partial charge in [0.25, 0.3) is 5.91 Å². The molecule has 0 aliphatic heterocycles. The Morgan fingerprint density at radius 3 is 2.63 bits per heavy atom. The van der Waals surface area contributed by atoms with Crippen molar-refractivity contribution >= 4 is 17.5 Å². The Morgan fingerprint density at radius 2 is 2.00 bits per heavy atom. The second-order valence-corrected chi connectivity index (χ2v) is 4.29. The number of hydrogen-bond acceptors (Lipinski definition) is 3. The van der Waals surface area contributed by atoms with E-state index in [1.165, 1.54) is 0 Å². The first-order valence-electron chi connectivity index (χ1n) is 6.41. The van der Waals surface area contributed by atoms with Crippen molar-refractivity contribution in [1.82, 2.24) is 10.6 Å². The molecule has 0 radical (unpaired) electrons. The quantitative estimate of drug-likeness (QED) is 0.724. The molecule has 1 rings (SSSR count). The maximum atomic E-state index is 11.7. The molecule has 1 aromatic rings. The molecule has 0 aliphatic carbocycles. The van der Waals surface area contributed by atoms with Crippen molar-refractivity contribution in [2.24, 2.45) is 0 Å². The van der Waals surface area contributed by atoms with Crippen LogP contribution in [0, 0.1) is 6.92 Å². The van der Waals surface area contributed by atoms with E-state index in [1.54, 1.807) is 19.2 Å². The molecule has 0 fully saturated rings. The minimum Gasteiger partial charge on any atom is -0.352 e. The standard InChI is InChI=1S/C14H21N3O2/c1-4-16-14(19)11-6-5-10(2)12(9-11)17-13(18)7-8-15-3/h5-6,9,15H,4,7-8H2,1-3H3,(H,16,19)(H,17,18). The SMILES string of the molecule is CCNC(=O)c1ccc(C)c(NC(=O)CCNC)c1. The number of carbonyl (C=O) groups is 2. The summed E-state index contributed by atoms with van der Waals surface area (Å²) in [6, 6.07) is 5.29. The summed E-state index contributed by atoms with van der Waals surface area (Å²) in [6.45, 7) is 4.97. The zero-order chi connectivity index (χ0) is 14.3. The van der Waals surface area contributed by atoms with Crippen molar-refractivity contribution in [2.45, 2.75) is 20.3 Å². The molecule has 0 heterocycles. The Hall–Kier alpha value is -1.88. The van der Waals surface area contributed by atoms with E-state index in [0.29, 0.717) is 30.8 Å². The smallest absolute Gasteiger partial charge is 0.251 e. The van der Waals surface area contributed by atoms with Crippen LogP contribution in [0.5, 0.6) is 0 Å². The van der Waals surface area contributed by atoms with Crippen molar-refractivity contribution in [3.8, 4) is 0 Å². The summed E-state index contributed by atoms with van der Waals surface area (Å²) in [4.78, 5) is 23.4. The summed E-state index contributed by atoms with van der Waals surface area (Å²) in [6.07, 6.45) is 0.404. The molecule has 0 aliphatic rings. The molecule has 0 aromatic heterocycles. The summed E-state index contributed by atoms with van der Waals surface area (Å²) in [5.74, 6) is -0.196. The summed E-state index contributed by atoms with van der Waals surface area (Å²) in [5, 5.41) is 8.48. The molecule has 104 valence electrons. The normalized spacial score (nSPS) is 10.1. The van der Waals surface area contributed by atoms with Gasteiger partial charge < -0.3 is 16.0 Å². The van der Waals surface area contributed by atoms with E-state index in [9.17, 15) is 9.59 Å². The number of carbonyl (C=O) groups excluding carboxylic acids is 2. The van der Waals surface area contributed by atoms with Gasteiger partial charge in [0.05, 0.1) is 0 Å². The Balaban J connectivity index is 2.79. The summed E-state index contributed by atoms with van der Waals surface area (Å²) >= 11 is 0. The molecule has 5 heteroatoms. The fraction of sp³-hybridized carbons (Fsp3) is 0.429. The second-order valence-electron chi connectivity index (χ2n) is 4.29. The molecule has 0 saturated carbocycles. The van der Waals surface area contributed by atoms with Crippen molar-refractivity contribution in [2.75, 3.05) is 25.5 Å². The summed E-state index contributed by atoms with van der Waals surface area (Å²) < 4.78 is 0. The van der Waals surface area contributed by atoms with Gasteiger partial charge in [0.1, 0.15) is 0 Å². The number of rotatable bonds is 6. The number of anilines is 1. The van der Waals surface area contributed by atoms with Gasteiger partial charge in [-0.1, -0.05) is 6.07 Å². The Kier molecular flexibility index (Phi) is 6.02. The molecular formula is C14H21N3O2. The van der Waals surface area contributed by atoms with Gasteiger partial charge in [0, 0.05) is 30.8 Å². The van der Waals surface area contributed by atoms with Crippen LogP contribution < -0.4 is 16.0 Å². The van der Waals surface area contributed by atoms with E-state index in [4.69, 9.17) is 0 Å². The zero-order valence-electron chi connectivity index (χ0n) is 11.7. The molecule has 0 unspecified atom stereocenters. The first kappa shape index (κ1) is 15.2. The molecule has 0 saturated heterocycles. The number of aryl methyl sites for hydroxylation is 1. The maximum Gasteiger partial charge on any atom is 0.251 e. The van der Waals surface area contributed by atoms with E-state index in [0.717, 1.165) is 5.56 Å². The molecule has 1 aromatic carbocycles. The molecule has 19 heavy (non-hydrogen) atoms. The molecule has 3 N–H and O–H groups in total. The van der Waals surface area contributed by atoms with Gasteiger partial charge in [0.15, 0.2) is 0 Å². The molecule has 0 atom stereocenters. The highest BCUT2D eigenvalue weighted by atomic mass is 16.2. The van der Waals surface area contributed by atoms with Crippen LogP contribution in [0.1, 0.15) is 29.3 Å². The van der Waals surface area contributed by atoms with Crippen LogP contribution in [-0.2, 0) is 4.79 Å². The van der Waals surface area contributed by atoms with Gasteiger partial charge in [-0.25, -0.2) is 0 Å². The maximum absolute atomic E-state index is 11.7. The summed E-state index contributed by atoms with van der Waals surface area (Å²) in [5.41, 5.74) is 2.17. The Morgan fingerprint density at radius 1 is 1.26 bits per heavy atom. The molecule has 0 spiro atoms. The number of amides is 2. The highest BCUT2D eigenvalue weighted by Gasteiger charge is 2.09. The third kappa shape index (κ3) is 4.71. The van der Waals surface area contributed by atoms with Crippen molar-refractivity contribution in [1.29, 1.82) is 0 Å². The molecule has 2 amide bonds. The van der Waals surface area contributed by atoms with Gasteiger partial charge in [-0.05, 0) is 38.6 Å². The highest BCUT2D eigenvalue weighted by molar-refractivity contribution is 5.97. The number of nitrogens with one attached hydrogen (secondary N) is 3. The lowest BCUT2D eigenvalue weighted by atomic mass is 10.1. The fourth-order valence-electron chi connectivity index (χ4n) is 1.61. The predicted molar refractivity (Wildman–Crippen MR) is 76.4 cm³/mol. The van der Waals surface area contributed by atoms with Crippen LogP contribution in [0.3, 0.4) is 0 Å².